The largest absolute Gasteiger partial charge is 0.366 e. The van der Waals surface area contributed by atoms with Gasteiger partial charge < -0.3 is 5.32 Å². The fourth-order valence-electron chi connectivity index (χ4n) is 4.41. The first-order valence-corrected chi connectivity index (χ1v) is 12.0. The lowest BCUT2D eigenvalue weighted by Crippen LogP contribution is -2.33. The van der Waals surface area contributed by atoms with Gasteiger partial charge in [-0.1, -0.05) is 29.3 Å². The molecule has 0 amide bonds. The maximum Gasteiger partial charge on any atom is 0.151 e. The van der Waals surface area contributed by atoms with Crippen LogP contribution in [0, 0.1) is 0 Å². The number of rotatable bonds is 6. The van der Waals surface area contributed by atoms with Crippen molar-refractivity contribution in [3.8, 4) is 0 Å². The monoisotopic (exact) mass is 478 g/mol. The summed E-state index contributed by atoms with van der Waals surface area (Å²) >= 11 is 12.5. The molecule has 4 aromatic rings. The molecule has 1 fully saturated rings. The van der Waals surface area contributed by atoms with Gasteiger partial charge in [0.05, 0.1) is 0 Å². The van der Waals surface area contributed by atoms with Crippen LogP contribution in [0.5, 0.6) is 0 Å². The molecular formula is C24H25BCl2N6. The molecule has 1 aliphatic rings. The van der Waals surface area contributed by atoms with Crippen LogP contribution in [0.15, 0.2) is 55.0 Å². The van der Waals surface area contributed by atoms with E-state index in [-0.39, 0.29) is 0 Å². The van der Waals surface area contributed by atoms with Gasteiger partial charge in [0.25, 0.3) is 0 Å². The van der Waals surface area contributed by atoms with Gasteiger partial charge in [0, 0.05) is 59.4 Å². The second kappa shape index (κ2) is 9.71. The van der Waals surface area contributed by atoms with E-state index in [4.69, 9.17) is 28.2 Å². The minimum absolute atomic E-state index is 0.411. The van der Waals surface area contributed by atoms with Gasteiger partial charge in [-0.3, -0.25) is 9.88 Å². The zero-order chi connectivity index (χ0) is 22.8. The van der Waals surface area contributed by atoms with Crippen LogP contribution in [-0.4, -0.2) is 45.4 Å². The number of hydrogen-bond acceptors (Lipinski definition) is 5. The van der Waals surface area contributed by atoms with Crippen molar-refractivity contribution in [2.75, 3.05) is 18.4 Å². The molecule has 1 aromatic carbocycles. The van der Waals surface area contributed by atoms with Crippen molar-refractivity contribution >= 4 is 48.0 Å². The predicted molar refractivity (Wildman–Crippen MR) is 136 cm³/mol. The van der Waals surface area contributed by atoms with Crippen LogP contribution in [0.2, 0.25) is 10.0 Å². The Hall–Kier alpha value is -2.61. The van der Waals surface area contributed by atoms with Gasteiger partial charge in [0.15, 0.2) is 5.65 Å². The molecule has 0 radical (unpaired) electrons. The van der Waals surface area contributed by atoms with Gasteiger partial charge in [-0.15, -0.1) is 0 Å². The summed E-state index contributed by atoms with van der Waals surface area (Å²) in [6, 6.07) is 11.8. The fourth-order valence-corrected chi connectivity index (χ4v) is 4.79. The van der Waals surface area contributed by atoms with Gasteiger partial charge in [0.1, 0.15) is 13.7 Å². The topological polar surface area (TPSA) is 58.4 Å². The number of pyridine rings is 1. The Labute approximate surface area is 204 Å². The van der Waals surface area contributed by atoms with Crippen molar-refractivity contribution in [2.24, 2.45) is 0 Å². The van der Waals surface area contributed by atoms with Crippen molar-refractivity contribution < 1.29 is 0 Å². The fraction of sp³-hybridized carbons (Fsp3) is 0.292. The summed E-state index contributed by atoms with van der Waals surface area (Å²) in [5.41, 5.74) is 5.32. The van der Waals surface area contributed by atoms with Crippen molar-refractivity contribution in [1.29, 1.82) is 0 Å². The summed E-state index contributed by atoms with van der Waals surface area (Å²) in [6.07, 6.45) is 7.64. The molecule has 1 N–H and O–H groups in total. The number of nitrogens with zero attached hydrogens (tertiary/aromatic N) is 5. The van der Waals surface area contributed by atoms with Crippen LogP contribution < -0.4 is 10.8 Å². The van der Waals surface area contributed by atoms with E-state index in [1.165, 1.54) is 0 Å². The second-order valence-corrected chi connectivity index (χ2v) is 9.47. The number of likely N-dealkylation sites (tertiary alicyclic amines) is 1. The molecule has 1 aliphatic heterocycles. The van der Waals surface area contributed by atoms with E-state index in [2.05, 4.69) is 40.3 Å². The van der Waals surface area contributed by atoms with Gasteiger partial charge in [0.2, 0.25) is 0 Å². The summed E-state index contributed by atoms with van der Waals surface area (Å²) in [5.74, 6) is 1.37. The molecule has 9 heteroatoms. The lowest BCUT2D eigenvalue weighted by molar-refractivity contribution is 0.203. The highest BCUT2D eigenvalue weighted by Crippen LogP contribution is 2.30. The van der Waals surface area contributed by atoms with Crippen LogP contribution in [0.4, 0.5) is 5.82 Å². The van der Waals surface area contributed by atoms with Crippen molar-refractivity contribution in [1.82, 2.24) is 24.5 Å². The van der Waals surface area contributed by atoms with Crippen LogP contribution in [0.25, 0.3) is 5.65 Å². The average molecular weight is 479 g/mol. The molecule has 0 spiro atoms. The maximum absolute atomic E-state index is 6.38. The Morgan fingerprint density at radius 1 is 1.09 bits per heavy atom. The van der Waals surface area contributed by atoms with Gasteiger partial charge in [-0.25, -0.2) is 4.98 Å². The molecule has 4 heterocycles. The van der Waals surface area contributed by atoms with Crippen LogP contribution in [0.3, 0.4) is 0 Å². The summed E-state index contributed by atoms with van der Waals surface area (Å²) < 4.78 is 1.89. The van der Waals surface area contributed by atoms with Gasteiger partial charge in [-0.05, 0) is 66.8 Å². The standard InChI is InChI=1S/C24H25BCl2N6/c25-20-14-30-33-23(29-13-16-2-1-7-28-12-16)11-22(31-24(20)33)17-5-8-32(9-6-17)15-18-10-19(26)3-4-21(18)27/h1-4,7,10-12,14,17,29H,5-6,8-9,13,15,25H2. The first kappa shape index (κ1) is 22.2. The van der Waals surface area contributed by atoms with Crippen molar-refractivity contribution in [3.63, 3.8) is 0 Å². The third-order valence-corrected chi connectivity index (χ3v) is 6.88. The summed E-state index contributed by atoms with van der Waals surface area (Å²) in [4.78, 5) is 11.6. The van der Waals surface area contributed by atoms with E-state index < -0.39 is 0 Å². The highest BCUT2D eigenvalue weighted by molar-refractivity contribution is 6.36. The number of benzene rings is 1. The smallest absolute Gasteiger partial charge is 0.151 e. The second-order valence-electron chi connectivity index (χ2n) is 8.63. The lowest BCUT2D eigenvalue weighted by Gasteiger charge is -2.32. The SMILES string of the molecule is Bc1cnn2c(NCc3cccnc3)cc(C3CCN(Cc4cc(Cl)ccc4Cl)CC3)nc12. The molecule has 3 aromatic heterocycles. The molecule has 168 valence electrons. The van der Waals surface area contributed by atoms with E-state index in [0.717, 1.165) is 76.3 Å². The van der Waals surface area contributed by atoms with Crippen molar-refractivity contribution in [2.45, 2.75) is 31.8 Å². The molecule has 0 atom stereocenters. The van der Waals surface area contributed by atoms with Crippen LogP contribution >= 0.6 is 23.2 Å². The minimum atomic E-state index is 0.411. The average Bonchev–Trinajstić information content (AvgIpc) is 3.22. The maximum atomic E-state index is 6.38. The quantitative estimate of drug-likeness (QED) is 0.428. The Balaban J connectivity index is 1.31. The third kappa shape index (κ3) is 5.00. The first-order valence-electron chi connectivity index (χ1n) is 11.2. The number of nitrogens with one attached hydrogen (secondary N) is 1. The van der Waals surface area contributed by atoms with E-state index in [1.54, 1.807) is 6.20 Å². The van der Waals surface area contributed by atoms with Crippen LogP contribution in [0.1, 0.15) is 35.6 Å². The molecule has 5 rings (SSSR count). The van der Waals surface area contributed by atoms with Crippen LogP contribution in [-0.2, 0) is 13.1 Å². The normalized spacial score (nSPS) is 15.2. The molecule has 0 saturated carbocycles. The highest BCUT2D eigenvalue weighted by atomic mass is 35.5. The minimum Gasteiger partial charge on any atom is -0.366 e. The molecule has 0 aliphatic carbocycles. The number of anilines is 1. The Morgan fingerprint density at radius 3 is 2.73 bits per heavy atom. The number of hydrogen-bond donors (Lipinski definition) is 1. The number of piperidine rings is 1. The molecular weight excluding hydrogens is 454 g/mol. The van der Waals surface area contributed by atoms with Gasteiger partial charge >= 0.3 is 0 Å². The summed E-state index contributed by atoms with van der Waals surface area (Å²) in [5, 5.41) is 9.57. The molecule has 33 heavy (non-hydrogen) atoms. The van der Waals surface area contributed by atoms with Gasteiger partial charge in [-0.2, -0.15) is 9.61 Å². The van der Waals surface area contributed by atoms with E-state index in [1.807, 2.05) is 41.2 Å². The number of fused-ring (bicyclic) bond motifs is 1. The number of halogens is 2. The summed E-state index contributed by atoms with van der Waals surface area (Å²) in [6.45, 7) is 3.50. The molecule has 0 bridgehead atoms. The molecule has 0 unspecified atom stereocenters. The van der Waals surface area contributed by atoms with E-state index in [0.29, 0.717) is 12.5 Å². The Kier molecular flexibility index (Phi) is 6.53. The predicted octanol–water partition coefficient (Wildman–Crippen LogP) is 3.68. The van der Waals surface area contributed by atoms with E-state index >= 15 is 0 Å². The lowest BCUT2D eigenvalue weighted by atomic mass is 9.92. The Bertz CT molecular complexity index is 1250. The zero-order valence-electron chi connectivity index (χ0n) is 18.5. The Morgan fingerprint density at radius 2 is 1.94 bits per heavy atom. The summed E-state index contributed by atoms with van der Waals surface area (Å²) in [7, 11) is 2.06. The third-order valence-electron chi connectivity index (χ3n) is 6.27. The van der Waals surface area contributed by atoms with Crippen molar-refractivity contribution in [3.05, 3.63) is 81.9 Å². The number of aromatic nitrogens is 4. The molecule has 6 nitrogen and oxygen atoms in total. The highest BCUT2D eigenvalue weighted by Gasteiger charge is 2.24. The first-order chi connectivity index (χ1) is 16.1. The molecule has 1 saturated heterocycles. The van der Waals surface area contributed by atoms with E-state index in [9.17, 15) is 0 Å². The zero-order valence-corrected chi connectivity index (χ0v) is 20.0.